The van der Waals surface area contributed by atoms with Gasteiger partial charge in [-0.3, -0.25) is 0 Å². The van der Waals surface area contributed by atoms with Crippen LogP contribution in [-0.2, 0) is 0 Å². The van der Waals surface area contributed by atoms with Gasteiger partial charge < -0.3 is 10.1 Å². The highest BCUT2D eigenvalue weighted by molar-refractivity contribution is 9.10. The first-order valence-electron chi connectivity index (χ1n) is 6.04. The van der Waals surface area contributed by atoms with Crippen molar-refractivity contribution in [2.75, 3.05) is 18.5 Å². The molecule has 0 aliphatic heterocycles. The van der Waals surface area contributed by atoms with Crippen LogP contribution in [0.25, 0.3) is 0 Å². The number of para-hydroxylation sites is 1. The molecule has 100 valence electrons. The van der Waals surface area contributed by atoms with E-state index in [4.69, 9.17) is 16.3 Å². The number of hydrogen-bond donors (Lipinski definition) is 1. The number of benzene rings is 2. The summed E-state index contributed by atoms with van der Waals surface area (Å²) in [5.74, 6) is 0.854. The van der Waals surface area contributed by atoms with E-state index in [1.165, 1.54) is 0 Å². The summed E-state index contributed by atoms with van der Waals surface area (Å²) in [6.07, 6.45) is 0. The molecule has 2 nitrogen and oxygen atoms in total. The third-order valence-corrected chi connectivity index (χ3v) is 3.50. The highest BCUT2D eigenvalue weighted by Gasteiger charge is 2.02. The first kappa shape index (κ1) is 14.2. The van der Waals surface area contributed by atoms with E-state index in [1.807, 2.05) is 49.4 Å². The fourth-order valence-corrected chi connectivity index (χ4v) is 2.42. The van der Waals surface area contributed by atoms with E-state index in [1.54, 1.807) is 0 Å². The molecule has 2 aromatic rings. The molecule has 0 aromatic heterocycles. The van der Waals surface area contributed by atoms with Crippen molar-refractivity contribution in [2.45, 2.75) is 6.92 Å². The molecule has 0 fully saturated rings. The van der Waals surface area contributed by atoms with E-state index in [9.17, 15) is 0 Å². The topological polar surface area (TPSA) is 21.3 Å². The first-order chi connectivity index (χ1) is 9.16. The van der Waals surface area contributed by atoms with Crippen LogP contribution in [0.4, 0.5) is 5.69 Å². The van der Waals surface area contributed by atoms with Gasteiger partial charge in [0.1, 0.15) is 12.4 Å². The standard InChI is InChI=1S/C15H15BrClNO/c1-11-4-2-7-14(17)15(11)18-8-9-19-13-6-3-5-12(16)10-13/h2-7,10,18H,8-9H2,1H3. The Morgan fingerprint density at radius 1 is 1.21 bits per heavy atom. The van der Waals surface area contributed by atoms with Crippen molar-refractivity contribution < 1.29 is 4.74 Å². The van der Waals surface area contributed by atoms with Crippen molar-refractivity contribution in [1.29, 1.82) is 0 Å². The van der Waals surface area contributed by atoms with E-state index < -0.39 is 0 Å². The smallest absolute Gasteiger partial charge is 0.120 e. The molecule has 2 rings (SSSR count). The van der Waals surface area contributed by atoms with Crippen LogP contribution in [0, 0.1) is 6.92 Å². The van der Waals surface area contributed by atoms with Gasteiger partial charge in [0.2, 0.25) is 0 Å². The SMILES string of the molecule is Cc1cccc(Cl)c1NCCOc1cccc(Br)c1. The monoisotopic (exact) mass is 339 g/mol. The molecule has 0 spiro atoms. The van der Waals surface area contributed by atoms with Gasteiger partial charge in [-0.05, 0) is 36.8 Å². The second-order valence-corrected chi connectivity index (χ2v) is 5.49. The van der Waals surface area contributed by atoms with E-state index in [0.717, 1.165) is 26.5 Å². The number of anilines is 1. The molecule has 0 aliphatic rings. The Balaban J connectivity index is 1.84. The lowest BCUT2D eigenvalue weighted by molar-refractivity contribution is 0.332. The van der Waals surface area contributed by atoms with Gasteiger partial charge in [-0.15, -0.1) is 0 Å². The van der Waals surface area contributed by atoms with Gasteiger partial charge in [0.15, 0.2) is 0 Å². The maximum Gasteiger partial charge on any atom is 0.120 e. The second kappa shape index (κ2) is 6.83. The highest BCUT2D eigenvalue weighted by Crippen LogP contribution is 2.25. The molecule has 0 atom stereocenters. The van der Waals surface area contributed by atoms with Crippen molar-refractivity contribution in [1.82, 2.24) is 0 Å². The third kappa shape index (κ3) is 4.15. The molecule has 0 aliphatic carbocycles. The molecule has 0 saturated carbocycles. The number of aryl methyl sites for hydroxylation is 1. The summed E-state index contributed by atoms with van der Waals surface area (Å²) >= 11 is 9.55. The Labute approximate surface area is 126 Å². The number of hydrogen-bond acceptors (Lipinski definition) is 2. The summed E-state index contributed by atoms with van der Waals surface area (Å²) in [7, 11) is 0. The Kier molecular flexibility index (Phi) is 5.11. The van der Waals surface area contributed by atoms with Crippen molar-refractivity contribution >= 4 is 33.2 Å². The molecule has 0 saturated heterocycles. The number of nitrogens with one attached hydrogen (secondary N) is 1. The minimum Gasteiger partial charge on any atom is -0.492 e. The lowest BCUT2D eigenvalue weighted by Gasteiger charge is -2.12. The summed E-state index contributed by atoms with van der Waals surface area (Å²) in [4.78, 5) is 0. The van der Waals surface area contributed by atoms with Gasteiger partial charge >= 0.3 is 0 Å². The van der Waals surface area contributed by atoms with E-state index in [2.05, 4.69) is 21.2 Å². The van der Waals surface area contributed by atoms with Gasteiger partial charge in [-0.25, -0.2) is 0 Å². The Bertz CT molecular complexity index is 539. The predicted molar refractivity (Wildman–Crippen MR) is 84.3 cm³/mol. The second-order valence-electron chi connectivity index (χ2n) is 4.16. The Morgan fingerprint density at radius 3 is 2.74 bits per heavy atom. The van der Waals surface area contributed by atoms with E-state index in [-0.39, 0.29) is 0 Å². The molecule has 4 heteroatoms. The van der Waals surface area contributed by atoms with Crippen molar-refractivity contribution in [3.8, 4) is 5.75 Å². The zero-order valence-corrected chi connectivity index (χ0v) is 13.0. The van der Waals surface area contributed by atoms with Crippen LogP contribution in [0.1, 0.15) is 5.56 Å². The molecule has 1 N–H and O–H groups in total. The average molecular weight is 341 g/mol. The van der Waals surface area contributed by atoms with Crippen molar-refractivity contribution in [3.05, 3.63) is 57.5 Å². The highest BCUT2D eigenvalue weighted by atomic mass is 79.9. The quantitative estimate of drug-likeness (QED) is 0.782. The third-order valence-electron chi connectivity index (χ3n) is 2.69. The van der Waals surface area contributed by atoms with Crippen molar-refractivity contribution in [3.63, 3.8) is 0 Å². The molecule has 0 unspecified atom stereocenters. The van der Waals surface area contributed by atoms with Crippen LogP contribution < -0.4 is 10.1 Å². The van der Waals surface area contributed by atoms with Crippen LogP contribution in [0.2, 0.25) is 5.02 Å². The van der Waals surface area contributed by atoms with Gasteiger partial charge in [0.25, 0.3) is 0 Å². The molecule has 19 heavy (non-hydrogen) atoms. The molecule has 2 aromatic carbocycles. The largest absolute Gasteiger partial charge is 0.492 e. The van der Waals surface area contributed by atoms with Crippen LogP contribution in [0.15, 0.2) is 46.9 Å². The first-order valence-corrected chi connectivity index (χ1v) is 7.21. The van der Waals surface area contributed by atoms with E-state index >= 15 is 0 Å². The summed E-state index contributed by atoms with van der Waals surface area (Å²) in [5.41, 5.74) is 2.11. The van der Waals surface area contributed by atoms with Crippen LogP contribution >= 0.6 is 27.5 Å². The Hall–Kier alpha value is -1.19. The minimum atomic E-state index is 0.584. The lowest BCUT2D eigenvalue weighted by Crippen LogP contribution is -2.12. The van der Waals surface area contributed by atoms with Gasteiger partial charge in [0.05, 0.1) is 10.7 Å². The molecule has 0 heterocycles. The molecule has 0 amide bonds. The average Bonchev–Trinajstić information content (AvgIpc) is 2.37. The van der Waals surface area contributed by atoms with Gasteiger partial charge in [-0.1, -0.05) is 45.7 Å². The maximum atomic E-state index is 6.14. The summed E-state index contributed by atoms with van der Waals surface area (Å²) in [6.45, 7) is 3.32. The van der Waals surface area contributed by atoms with Crippen LogP contribution in [0.3, 0.4) is 0 Å². The molecule has 0 radical (unpaired) electrons. The predicted octanol–water partition coefficient (Wildman–Crippen LogP) is 4.90. The lowest BCUT2D eigenvalue weighted by atomic mass is 10.2. The maximum absolute atomic E-state index is 6.14. The van der Waals surface area contributed by atoms with Crippen LogP contribution in [-0.4, -0.2) is 13.2 Å². The van der Waals surface area contributed by atoms with Gasteiger partial charge in [0, 0.05) is 11.0 Å². The number of halogens is 2. The minimum absolute atomic E-state index is 0.584. The fourth-order valence-electron chi connectivity index (χ4n) is 1.76. The van der Waals surface area contributed by atoms with E-state index in [0.29, 0.717) is 13.2 Å². The zero-order chi connectivity index (χ0) is 13.7. The normalized spacial score (nSPS) is 10.3. The summed E-state index contributed by atoms with van der Waals surface area (Å²) < 4.78 is 6.67. The molecule has 0 bridgehead atoms. The van der Waals surface area contributed by atoms with Crippen molar-refractivity contribution in [2.24, 2.45) is 0 Å². The number of ether oxygens (including phenoxy) is 1. The zero-order valence-electron chi connectivity index (χ0n) is 10.6. The fraction of sp³-hybridized carbons (Fsp3) is 0.200. The summed E-state index contributed by atoms with van der Waals surface area (Å²) in [5, 5.41) is 4.04. The Morgan fingerprint density at radius 2 is 2.00 bits per heavy atom. The summed E-state index contributed by atoms with van der Waals surface area (Å²) in [6, 6.07) is 13.7. The molecular weight excluding hydrogens is 326 g/mol. The van der Waals surface area contributed by atoms with Gasteiger partial charge in [-0.2, -0.15) is 0 Å². The molecular formula is C15H15BrClNO. The number of rotatable bonds is 5. The van der Waals surface area contributed by atoms with Crippen LogP contribution in [0.5, 0.6) is 5.75 Å².